The van der Waals surface area contributed by atoms with Crippen molar-refractivity contribution in [2.45, 2.75) is 18.9 Å². The second-order valence-electron chi connectivity index (χ2n) is 6.17. The topological polar surface area (TPSA) is 60.2 Å². The van der Waals surface area contributed by atoms with E-state index >= 15 is 0 Å². The largest absolute Gasteiger partial charge is 0.383 e. The summed E-state index contributed by atoms with van der Waals surface area (Å²) in [5.74, 6) is 1.36. The first-order valence-electron chi connectivity index (χ1n) is 8.41. The van der Waals surface area contributed by atoms with Gasteiger partial charge in [0.25, 0.3) is 5.91 Å². The summed E-state index contributed by atoms with van der Waals surface area (Å²) in [5.41, 5.74) is 1.79. The lowest BCUT2D eigenvalue weighted by molar-refractivity contribution is 0.0795. The molecule has 130 valence electrons. The number of likely N-dealkylation sites (tertiary alicyclic amines) is 1. The number of fused-ring (bicyclic) bond motifs is 1. The van der Waals surface area contributed by atoms with Crippen LogP contribution in [0.2, 0.25) is 0 Å². The number of pyridine rings is 1. The maximum atomic E-state index is 12.6. The zero-order chi connectivity index (χ0) is 17.2. The number of hydrogen-bond donors (Lipinski definition) is 0. The molecule has 1 atom stereocenters. The summed E-state index contributed by atoms with van der Waals surface area (Å²) in [6, 6.07) is 7.69. The Morgan fingerprint density at radius 2 is 2.32 bits per heavy atom. The van der Waals surface area contributed by atoms with E-state index in [9.17, 15) is 4.79 Å². The summed E-state index contributed by atoms with van der Waals surface area (Å²) in [5, 5.41) is 1.94. The van der Waals surface area contributed by atoms with Crippen LogP contribution >= 0.6 is 11.3 Å². The minimum Gasteiger partial charge on any atom is -0.383 e. The zero-order valence-corrected chi connectivity index (χ0v) is 14.9. The van der Waals surface area contributed by atoms with Gasteiger partial charge < -0.3 is 14.2 Å². The lowest BCUT2D eigenvalue weighted by Gasteiger charge is -2.16. The first-order chi connectivity index (χ1) is 12.3. The van der Waals surface area contributed by atoms with Crippen molar-refractivity contribution in [2.24, 2.45) is 0 Å². The predicted molar refractivity (Wildman–Crippen MR) is 97.0 cm³/mol. The van der Waals surface area contributed by atoms with Crippen LogP contribution in [0.5, 0.6) is 0 Å². The molecule has 0 spiro atoms. The molecule has 1 aliphatic rings. The fraction of sp³-hybridized carbons (Fsp3) is 0.389. The van der Waals surface area contributed by atoms with Gasteiger partial charge in [-0.05, 0) is 30.0 Å². The van der Waals surface area contributed by atoms with Gasteiger partial charge in [0.05, 0.1) is 11.5 Å². The van der Waals surface area contributed by atoms with Crippen molar-refractivity contribution in [2.75, 3.05) is 26.8 Å². The van der Waals surface area contributed by atoms with E-state index in [0.29, 0.717) is 19.7 Å². The fourth-order valence-corrected chi connectivity index (χ4v) is 4.09. The molecule has 3 aromatic rings. The Bertz CT molecular complexity index is 874. The van der Waals surface area contributed by atoms with Crippen LogP contribution in [0.4, 0.5) is 0 Å². The fourth-order valence-electron chi connectivity index (χ4n) is 3.40. The van der Waals surface area contributed by atoms with Crippen LogP contribution in [-0.4, -0.2) is 52.1 Å². The summed E-state index contributed by atoms with van der Waals surface area (Å²) in [4.78, 5) is 24.6. The van der Waals surface area contributed by atoms with Gasteiger partial charge in [-0.1, -0.05) is 6.07 Å². The summed E-state index contributed by atoms with van der Waals surface area (Å²) in [6.45, 7) is 2.80. The molecule has 25 heavy (non-hydrogen) atoms. The van der Waals surface area contributed by atoms with E-state index in [-0.39, 0.29) is 11.8 Å². The first-order valence-corrected chi connectivity index (χ1v) is 9.28. The number of ether oxygens (including phenoxy) is 1. The number of hydrogen-bond acceptors (Lipinski definition) is 5. The molecule has 1 aliphatic heterocycles. The van der Waals surface area contributed by atoms with Crippen molar-refractivity contribution >= 4 is 28.4 Å². The predicted octanol–water partition coefficient (Wildman–Crippen LogP) is 2.77. The standard InChI is InChI=1S/C18H20N4O2S/c1-24-10-9-22-16(20-14-4-2-7-19-17(14)22)13-6-8-21(12-13)18(23)15-5-3-11-25-15/h2-5,7,11,13H,6,8-10,12H2,1H3. The van der Waals surface area contributed by atoms with E-state index in [1.807, 2.05) is 34.5 Å². The number of thiophene rings is 1. The average molecular weight is 356 g/mol. The summed E-state index contributed by atoms with van der Waals surface area (Å²) in [7, 11) is 1.70. The Morgan fingerprint density at radius 1 is 1.40 bits per heavy atom. The van der Waals surface area contributed by atoms with Gasteiger partial charge in [0.2, 0.25) is 0 Å². The monoisotopic (exact) mass is 356 g/mol. The molecular formula is C18H20N4O2S. The lowest BCUT2D eigenvalue weighted by atomic mass is 10.1. The molecule has 3 aromatic heterocycles. The normalized spacial score (nSPS) is 17.5. The number of carbonyl (C=O) groups excluding carboxylic acids is 1. The number of methoxy groups -OCH3 is 1. The van der Waals surface area contributed by atoms with Crippen LogP contribution in [0.1, 0.15) is 27.8 Å². The molecule has 1 fully saturated rings. The molecule has 4 rings (SSSR count). The molecule has 6 nitrogen and oxygen atoms in total. The molecule has 1 unspecified atom stereocenters. The molecular weight excluding hydrogens is 336 g/mol. The number of rotatable bonds is 5. The second kappa shape index (κ2) is 6.93. The Morgan fingerprint density at radius 3 is 3.12 bits per heavy atom. The Hall–Kier alpha value is -2.25. The molecule has 0 N–H and O–H groups in total. The van der Waals surface area contributed by atoms with Gasteiger partial charge in [0.15, 0.2) is 5.65 Å². The zero-order valence-electron chi connectivity index (χ0n) is 14.1. The lowest BCUT2D eigenvalue weighted by Crippen LogP contribution is -2.28. The van der Waals surface area contributed by atoms with E-state index in [1.165, 1.54) is 11.3 Å². The summed E-state index contributed by atoms with van der Waals surface area (Å²) >= 11 is 1.49. The third kappa shape index (κ3) is 3.05. The Kier molecular flexibility index (Phi) is 4.50. The molecule has 1 amide bonds. The van der Waals surface area contributed by atoms with Gasteiger partial charge in [0, 0.05) is 38.9 Å². The van der Waals surface area contributed by atoms with Crippen LogP contribution in [0, 0.1) is 0 Å². The number of nitrogens with zero attached hydrogens (tertiary/aromatic N) is 4. The minimum absolute atomic E-state index is 0.121. The number of imidazole rings is 1. The van der Waals surface area contributed by atoms with Crippen LogP contribution in [-0.2, 0) is 11.3 Å². The Balaban J connectivity index is 1.60. The smallest absolute Gasteiger partial charge is 0.263 e. The molecule has 7 heteroatoms. The van der Waals surface area contributed by atoms with Gasteiger partial charge in [-0.15, -0.1) is 11.3 Å². The second-order valence-corrected chi connectivity index (χ2v) is 7.12. The highest BCUT2D eigenvalue weighted by atomic mass is 32.1. The van der Waals surface area contributed by atoms with Crippen LogP contribution in [0.15, 0.2) is 35.8 Å². The van der Waals surface area contributed by atoms with Gasteiger partial charge >= 0.3 is 0 Å². The van der Waals surface area contributed by atoms with Crippen molar-refractivity contribution in [3.05, 3.63) is 46.5 Å². The highest BCUT2D eigenvalue weighted by Crippen LogP contribution is 2.30. The van der Waals surface area contributed by atoms with Gasteiger partial charge in [0.1, 0.15) is 11.3 Å². The van der Waals surface area contributed by atoms with Gasteiger partial charge in [-0.25, -0.2) is 9.97 Å². The third-order valence-electron chi connectivity index (χ3n) is 4.62. The molecule has 0 aromatic carbocycles. The van der Waals surface area contributed by atoms with Crippen LogP contribution in [0.3, 0.4) is 0 Å². The average Bonchev–Trinajstić information content (AvgIpc) is 3.38. The third-order valence-corrected chi connectivity index (χ3v) is 5.48. The van der Waals surface area contributed by atoms with E-state index in [2.05, 4.69) is 9.55 Å². The summed E-state index contributed by atoms with van der Waals surface area (Å²) < 4.78 is 7.39. The minimum atomic E-state index is 0.121. The van der Waals surface area contributed by atoms with E-state index in [1.54, 1.807) is 13.3 Å². The molecule has 0 aliphatic carbocycles. The van der Waals surface area contributed by atoms with Gasteiger partial charge in [-0.2, -0.15) is 0 Å². The molecule has 0 saturated carbocycles. The van der Waals surface area contributed by atoms with Crippen molar-refractivity contribution < 1.29 is 9.53 Å². The van der Waals surface area contributed by atoms with Crippen molar-refractivity contribution in [3.63, 3.8) is 0 Å². The molecule has 4 heterocycles. The summed E-state index contributed by atoms with van der Waals surface area (Å²) in [6.07, 6.45) is 2.71. The molecule has 0 bridgehead atoms. The Labute approximate surface area is 150 Å². The molecule has 0 radical (unpaired) electrons. The highest BCUT2D eigenvalue weighted by molar-refractivity contribution is 7.12. The first kappa shape index (κ1) is 16.2. The van der Waals surface area contributed by atoms with Crippen molar-refractivity contribution in [1.29, 1.82) is 0 Å². The van der Waals surface area contributed by atoms with Crippen LogP contribution < -0.4 is 0 Å². The number of carbonyl (C=O) groups is 1. The SMILES string of the molecule is COCCn1c(C2CCN(C(=O)c3cccs3)C2)nc2cccnc21. The van der Waals surface area contributed by atoms with E-state index in [4.69, 9.17) is 9.72 Å². The number of amides is 1. The number of aromatic nitrogens is 3. The molecule has 1 saturated heterocycles. The van der Waals surface area contributed by atoms with Crippen molar-refractivity contribution in [1.82, 2.24) is 19.4 Å². The highest BCUT2D eigenvalue weighted by Gasteiger charge is 2.31. The maximum absolute atomic E-state index is 12.6. The van der Waals surface area contributed by atoms with Crippen molar-refractivity contribution in [3.8, 4) is 0 Å². The van der Waals surface area contributed by atoms with E-state index in [0.717, 1.165) is 34.8 Å². The van der Waals surface area contributed by atoms with Gasteiger partial charge in [-0.3, -0.25) is 4.79 Å². The maximum Gasteiger partial charge on any atom is 0.263 e. The van der Waals surface area contributed by atoms with E-state index < -0.39 is 0 Å². The quantitative estimate of drug-likeness (QED) is 0.705. The van der Waals surface area contributed by atoms with Crippen LogP contribution in [0.25, 0.3) is 11.2 Å².